The quantitative estimate of drug-likeness (QED) is 0.490. The van der Waals surface area contributed by atoms with Crippen molar-refractivity contribution in [2.24, 2.45) is 5.41 Å². The molecule has 0 fully saturated rings. The van der Waals surface area contributed by atoms with E-state index in [0.29, 0.717) is 12.3 Å². The number of ether oxygens (including phenoxy) is 1. The summed E-state index contributed by atoms with van der Waals surface area (Å²) in [6.45, 7) is 8.03. The molecule has 0 heterocycles. The first-order valence-corrected chi connectivity index (χ1v) is 7.60. The van der Waals surface area contributed by atoms with Gasteiger partial charge in [0.05, 0.1) is 6.61 Å². The summed E-state index contributed by atoms with van der Waals surface area (Å²) < 4.78 is 5.07. The Morgan fingerprint density at radius 1 is 1.23 bits per heavy atom. The molecule has 1 aromatic carbocycles. The summed E-state index contributed by atoms with van der Waals surface area (Å²) in [7, 11) is 0. The smallest absolute Gasteiger partial charge is 0.330 e. The summed E-state index contributed by atoms with van der Waals surface area (Å²) in [4.78, 5) is 23.7. The van der Waals surface area contributed by atoms with E-state index < -0.39 is 5.41 Å². The first kappa shape index (κ1) is 18.0. The predicted molar refractivity (Wildman–Crippen MR) is 89.4 cm³/mol. The minimum atomic E-state index is -0.476. The molecule has 22 heavy (non-hydrogen) atoms. The number of hydrogen-bond acceptors (Lipinski definition) is 3. The summed E-state index contributed by atoms with van der Waals surface area (Å²) in [5.41, 5.74) is 0.975. The van der Waals surface area contributed by atoms with Gasteiger partial charge < -0.3 is 10.1 Å². The van der Waals surface area contributed by atoms with Crippen LogP contribution < -0.4 is 5.32 Å². The number of anilines is 1. The van der Waals surface area contributed by atoms with Gasteiger partial charge >= 0.3 is 5.97 Å². The maximum Gasteiger partial charge on any atom is 0.330 e. The van der Waals surface area contributed by atoms with Crippen LogP contribution in [0.15, 0.2) is 30.3 Å². The molecule has 0 aliphatic heterocycles. The Hall–Kier alpha value is -2.10. The molecule has 4 heteroatoms. The van der Waals surface area contributed by atoms with Gasteiger partial charge in [-0.1, -0.05) is 52.3 Å². The lowest BCUT2D eigenvalue weighted by Crippen LogP contribution is -2.27. The third-order valence-electron chi connectivity index (χ3n) is 3.03. The van der Waals surface area contributed by atoms with Crippen LogP contribution >= 0.6 is 0 Å². The molecule has 0 spiro atoms. The largest absolute Gasteiger partial charge is 0.463 e. The maximum atomic E-state index is 12.1. The summed E-state index contributed by atoms with van der Waals surface area (Å²) >= 11 is 0. The lowest BCUT2D eigenvalue weighted by atomic mass is 9.95. The Morgan fingerprint density at radius 3 is 2.55 bits per heavy atom. The van der Waals surface area contributed by atoms with Gasteiger partial charge in [-0.3, -0.25) is 4.79 Å². The van der Waals surface area contributed by atoms with Crippen LogP contribution in [0.25, 0.3) is 6.08 Å². The molecule has 0 saturated carbocycles. The Bertz CT molecular complexity index is 542. The van der Waals surface area contributed by atoms with Crippen LogP contribution in [0, 0.1) is 5.41 Å². The highest BCUT2D eigenvalue weighted by Crippen LogP contribution is 2.21. The van der Waals surface area contributed by atoms with Crippen molar-refractivity contribution in [2.45, 2.75) is 40.5 Å². The van der Waals surface area contributed by atoms with Crippen molar-refractivity contribution < 1.29 is 14.3 Å². The molecular formula is C18H25NO3. The van der Waals surface area contributed by atoms with E-state index in [1.54, 1.807) is 6.08 Å². The number of rotatable bonds is 6. The molecule has 0 radical (unpaired) electrons. The highest BCUT2D eigenvalue weighted by molar-refractivity contribution is 5.97. The second-order valence-corrected chi connectivity index (χ2v) is 6.15. The summed E-state index contributed by atoms with van der Waals surface area (Å²) in [6, 6.07) is 7.35. The number of nitrogens with one attached hydrogen (secondary N) is 1. The van der Waals surface area contributed by atoms with Crippen molar-refractivity contribution in [2.75, 3.05) is 11.9 Å². The van der Waals surface area contributed by atoms with Crippen molar-refractivity contribution in [3.05, 3.63) is 35.9 Å². The molecular weight excluding hydrogens is 278 g/mol. The average molecular weight is 303 g/mol. The van der Waals surface area contributed by atoms with Gasteiger partial charge in [0.15, 0.2) is 0 Å². The van der Waals surface area contributed by atoms with Gasteiger partial charge in [-0.05, 0) is 24.1 Å². The topological polar surface area (TPSA) is 55.4 Å². The van der Waals surface area contributed by atoms with Crippen molar-refractivity contribution in [3.63, 3.8) is 0 Å². The van der Waals surface area contributed by atoms with Crippen LogP contribution in [0.3, 0.4) is 0 Å². The van der Waals surface area contributed by atoms with Crippen LogP contribution in [-0.2, 0) is 14.3 Å². The Balaban J connectivity index is 2.75. The minimum absolute atomic E-state index is 0.0705. The highest BCUT2D eigenvalue weighted by atomic mass is 16.5. The van der Waals surface area contributed by atoms with Crippen LogP contribution in [0.1, 0.15) is 46.1 Å². The minimum Gasteiger partial charge on any atom is -0.463 e. The molecule has 0 aliphatic rings. The number of unbranched alkanes of at least 4 members (excludes halogenated alkanes) is 1. The third kappa shape index (κ3) is 6.12. The summed E-state index contributed by atoms with van der Waals surface area (Å²) in [6.07, 6.45) is 4.89. The normalized spacial score (nSPS) is 11.5. The fraction of sp³-hybridized carbons (Fsp3) is 0.444. The lowest BCUT2D eigenvalue weighted by molar-refractivity contribution is -0.137. The monoisotopic (exact) mass is 303 g/mol. The fourth-order valence-electron chi connectivity index (χ4n) is 1.59. The molecule has 0 saturated heterocycles. The Kier molecular flexibility index (Phi) is 6.83. The number of benzene rings is 1. The summed E-state index contributed by atoms with van der Waals surface area (Å²) in [5, 5.41) is 2.88. The van der Waals surface area contributed by atoms with Crippen molar-refractivity contribution in [1.82, 2.24) is 0 Å². The molecule has 0 aliphatic carbocycles. The van der Waals surface area contributed by atoms with E-state index in [0.717, 1.165) is 18.4 Å². The Morgan fingerprint density at radius 2 is 1.91 bits per heavy atom. The first-order valence-electron chi connectivity index (χ1n) is 7.60. The van der Waals surface area contributed by atoms with Crippen molar-refractivity contribution in [1.29, 1.82) is 0 Å². The molecule has 0 bridgehead atoms. The predicted octanol–water partition coefficient (Wildman–Crippen LogP) is 4.03. The van der Waals surface area contributed by atoms with Gasteiger partial charge in [-0.2, -0.15) is 0 Å². The second-order valence-electron chi connectivity index (χ2n) is 6.15. The van der Waals surface area contributed by atoms with E-state index in [-0.39, 0.29) is 11.9 Å². The number of carbonyl (C=O) groups excluding carboxylic acids is 2. The van der Waals surface area contributed by atoms with E-state index in [2.05, 4.69) is 5.32 Å². The van der Waals surface area contributed by atoms with Crippen molar-refractivity contribution >= 4 is 23.6 Å². The average Bonchev–Trinajstić information content (AvgIpc) is 2.45. The molecule has 4 nitrogen and oxygen atoms in total. The fourth-order valence-corrected chi connectivity index (χ4v) is 1.59. The Labute approximate surface area is 132 Å². The van der Waals surface area contributed by atoms with Crippen LogP contribution in [0.2, 0.25) is 0 Å². The van der Waals surface area contributed by atoms with Crippen LogP contribution in [-0.4, -0.2) is 18.5 Å². The second kappa shape index (κ2) is 8.37. The van der Waals surface area contributed by atoms with E-state index >= 15 is 0 Å². The molecule has 0 unspecified atom stereocenters. The van der Waals surface area contributed by atoms with E-state index in [1.807, 2.05) is 52.0 Å². The van der Waals surface area contributed by atoms with E-state index in [9.17, 15) is 9.59 Å². The highest BCUT2D eigenvalue weighted by Gasteiger charge is 2.21. The van der Waals surface area contributed by atoms with Gasteiger partial charge in [0.2, 0.25) is 5.91 Å². The molecule has 1 amide bonds. The van der Waals surface area contributed by atoms with Gasteiger partial charge in [-0.25, -0.2) is 4.79 Å². The van der Waals surface area contributed by atoms with Gasteiger partial charge in [0.1, 0.15) is 0 Å². The summed E-state index contributed by atoms with van der Waals surface area (Å²) in [5.74, 6) is -0.440. The molecule has 0 atom stereocenters. The van der Waals surface area contributed by atoms with Crippen molar-refractivity contribution in [3.8, 4) is 0 Å². The van der Waals surface area contributed by atoms with Gasteiger partial charge in [0, 0.05) is 17.2 Å². The van der Waals surface area contributed by atoms with Crippen LogP contribution in [0.5, 0.6) is 0 Å². The van der Waals surface area contributed by atoms with Crippen LogP contribution in [0.4, 0.5) is 5.69 Å². The van der Waals surface area contributed by atoms with Gasteiger partial charge in [0.25, 0.3) is 0 Å². The molecule has 1 aromatic rings. The number of carbonyl (C=O) groups is 2. The molecule has 0 aromatic heterocycles. The number of para-hydroxylation sites is 1. The van der Waals surface area contributed by atoms with E-state index in [1.165, 1.54) is 6.08 Å². The number of esters is 1. The maximum absolute atomic E-state index is 12.1. The van der Waals surface area contributed by atoms with Gasteiger partial charge in [-0.15, -0.1) is 0 Å². The standard InChI is InChI=1S/C18H25NO3/c1-5-6-13-22-16(20)12-11-14-9-7-8-10-15(14)19-17(21)18(2,3)4/h7-12H,5-6,13H2,1-4H3,(H,19,21)/b12-11+. The molecule has 1 N–H and O–H groups in total. The molecule has 1 rings (SSSR count). The number of hydrogen-bond donors (Lipinski definition) is 1. The number of amides is 1. The zero-order chi connectivity index (χ0) is 16.6. The zero-order valence-electron chi connectivity index (χ0n) is 13.8. The first-order chi connectivity index (χ1) is 10.3. The zero-order valence-corrected chi connectivity index (χ0v) is 13.8. The lowest BCUT2D eigenvalue weighted by Gasteiger charge is -2.18. The SMILES string of the molecule is CCCCOC(=O)/C=C/c1ccccc1NC(=O)C(C)(C)C. The van der Waals surface area contributed by atoms with E-state index in [4.69, 9.17) is 4.74 Å². The molecule has 120 valence electrons. The third-order valence-corrected chi connectivity index (χ3v) is 3.03.